The third-order valence-corrected chi connectivity index (χ3v) is 5.73. The minimum Gasteiger partial charge on any atom is -0.337 e. The number of sulfone groups is 1. The molecule has 0 aliphatic carbocycles. The highest BCUT2D eigenvalue weighted by molar-refractivity contribution is 7.91. The third kappa shape index (κ3) is 4.07. The van der Waals surface area contributed by atoms with Crippen LogP contribution in [0.4, 0.5) is 4.79 Å². The Labute approximate surface area is 115 Å². The molecule has 2 aliphatic rings. The van der Waals surface area contributed by atoms with E-state index in [1.807, 2.05) is 0 Å². The summed E-state index contributed by atoms with van der Waals surface area (Å²) in [4.78, 5) is 15.8. The van der Waals surface area contributed by atoms with Gasteiger partial charge in [-0.25, -0.2) is 13.2 Å². The van der Waals surface area contributed by atoms with E-state index in [9.17, 15) is 13.2 Å². The average molecular weight is 289 g/mol. The fourth-order valence-electron chi connectivity index (χ4n) is 2.70. The molecule has 0 radical (unpaired) electrons. The number of urea groups is 1. The quantitative estimate of drug-likeness (QED) is 0.785. The van der Waals surface area contributed by atoms with E-state index in [1.54, 1.807) is 7.05 Å². The van der Waals surface area contributed by atoms with Crippen molar-refractivity contribution in [3.8, 4) is 0 Å². The molecule has 0 saturated carbocycles. The molecule has 6 nitrogen and oxygen atoms in total. The van der Waals surface area contributed by atoms with E-state index in [1.165, 1.54) is 17.7 Å². The molecule has 0 aromatic carbocycles. The summed E-state index contributed by atoms with van der Waals surface area (Å²) in [6, 6.07) is -0.335. The van der Waals surface area contributed by atoms with Crippen LogP contribution >= 0.6 is 0 Å². The fourth-order valence-corrected chi connectivity index (χ4v) is 4.47. The first-order chi connectivity index (χ1) is 8.98. The molecule has 2 fully saturated rings. The Morgan fingerprint density at radius 2 is 2.05 bits per heavy atom. The predicted octanol–water partition coefficient (Wildman–Crippen LogP) is -0.0893. The van der Waals surface area contributed by atoms with Gasteiger partial charge in [-0.3, -0.25) is 0 Å². The van der Waals surface area contributed by atoms with Crippen molar-refractivity contribution in [2.45, 2.75) is 25.3 Å². The van der Waals surface area contributed by atoms with Crippen molar-refractivity contribution >= 4 is 15.9 Å². The largest absolute Gasteiger partial charge is 0.337 e. The van der Waals surface area contributed by atoms with Crippen LogP contribution in [0.3, 0.4) is 0 Å². The summed E-state index contributed by atoms with van der Waals surface area (Å²) in [5, 5.41) is 2.86. The second-order valence-electron chi connectivity index (χ2n) is 5.45. The Hall–Kier alpha value is -0.820. The Morgan fingerprint density at radius 3 is 2.63 bits per heavy atom. The van der Waals surface area contributed by atoms with Gasteiger partial charge in [-0.05, 0) is 32.4 Å². The second kappa shape index (κ2) is 6.09. The highest BCUT2D eigenvalue weighted by Gasteiger charge is 2.32. The van der Waals surface area contributed by atoms with Gasteiger partial charge in [-0.1, -0.05) is 0 Å². The predicted molar refractivity (Wildman–Crippen MR) is 73.9 cm³/mol. The van der Waals surface area contributed by atoms with E-state index in [0.717, 1.165) is 19.6 Å². The molecule has 1 N–H and O–H groups in total. The van der Waals surface area contributed by atoms with Crippen LogP contribution in [-0.2, 0) is 9.84 Å². The number of nitrogens with zero attached hydrogens (tertiary/aromatic N) is 2. The lowest BCUT2D eigenvalue weighted by Gasteiger charge is -2.24. The van der Waals surface area contributed by atoms with Gasteiger partial charge in [0.1, 0.15) is 0 Å². The number of carbonyl (C=O) groups excluding carboxylic acids is 1. The lowest BCUT2D eigenvalue weighted by molar-refractivity contribution is 0.193. The van der Waals surface area contributed by atoms with E-state index < -0.39 is 9.84 Å². The SMILES string of the molecule is CN(C(=O)NCCN1CCCC1)C1CCS(=O)(=O)C1. The van der Waals surface area contributed by atoms with Crippen LogP contribution in [0.25, 0.3) is 0 Å². The molecule has 7 heteroatoms. The minimum absolute atomic E-state index is 0.100. The first-order valence-electron chi connectivity index (χ1n) is 6.91. The molecule has 0 bridgehead atoms. The summed E-state index contributed by atoms with van der Waals surface area (Å²) in [5.74, 6) is 0.298. The number of hydrogen-bond acceptors (Lipinski definition) is 4. The third-order valence-electron chi connectivity index (χ3n) is 3.98. The van der Waals surface area contributed by atoms with Crippen molar-refractivity contribution < 1.29 is 13.2 Å². The van der Waals surface area contributed by atoms with Gasteiger partial charge in [0, 0.05) is 26.2 Å². The minimum atomic E-state index is -2.94. The molecule has 2 amide bonds. The lowest BCUT2D eigenvalue weighted by Crippen LogP contribution is -2.46. The zero-order chi connectivity index (χ0) is 13.9. The van der Waals surface area contributed by atoms with Crippen LogP contribution in [0.5, 0.6) is 0 Å². The molecular weight excluding hydrogens is 266 g/mol. The molecule has 19 heavy (non-hydrogen) atoms. The van der Waals surface area contributed by atoms with Crippen molar-refractivity contribution in [3.05, 3.63) is 0 Å². The number of hydrogen-bond donors (Lipinski definition) is 1. The summed E-state index contributed by atoms with van der Waals surface area (Å²) in [7, 11) is -1.26. The summed E-state index contributed by atoms with van der Waals surface area (Å²) in [5.41, 5.74) is 0. The molecule has 2 saturated heterocycles. The number of carbonyl (C=O) groups is 1. The van der Waals surface area contributed by atoms with E-state index in [0.29, 0.717) is 13.0 Å². The van der Waals surface area contributed by atoms with Crippen LogP contribution in [-0.4, -0.2) is 75.0 Å². The number of amides is 2. The zero-order valence-corrected chi connectivity index (χ0v) is 12.3. The summed E-state index contributed by atoms with van der Waals surface area (Å²) >= 11 is 0. The van der Waals surface area contributed by atoms with Gasteiger partial charge in [0.2, 0.25) is 0 Å². The molecular formula is C12H23N3O3S. The normalized spacial score (nSPS) is 26.5. The second-order valence-corrected chi connectivity index (χ2v) is 7.68. The van der Waals surface area contributed by atoms with E-state index in [4.69, 9.17) is 0 Å². The Morgan fingerprint density at radius 1 is 1.37 bits per heavy atom. The van der Waals surface area contributed by atoms with Crippen molar-refractivity contribution in [2.24, 2.45) is 0 Å². The van der Waals surface area contributed by atoms with Crippen molar-refractivity contribution in [2.75, 3.05) is 44.7 Å². The molecule has 2 rings (SSSR count). The molecule has 0 spiro atoms. The smallest absolute Gasteiger partial charge is 0.317 e. The first-order valence-corrected chi connectivity index (χ1v) is 8.73. The van der Waals surface area contributed by atoms with Gasteiger partial charge in [0.05, 0.1) is 11.5 Å². The van der Waals surface area contributed by atoms with E-state index in [2.05, 4.69) is 10.2 Å². The van der Waals surface area contributed by atoms with Gasteiger partial charge in [0.15, 0.2) is 9.84 Å². The fraction of sp³-hybridized carbons (Fsp3) is 0.917. The van der Waals surface area contributed by atoms with E-state index >= 15 is 0 Å². The van der Waals surface area contributed by atoms with Crippen molar-refractivity contribution in [3.63, 3.8) is 0 Å². The monoisotopic (exact) mass is 289 g/mol. The number of rotatable bonds is 4. The van der Waals surface area contributed by atoms with Crippen molar-refractivity contribution in [1.82, 2.24) is 15.1 Å². The summed E-state index contributed by atoms with van der Waals surface area (Å²) < 4.78 is 22.8. The molecule has 1 unspecified atom stereocenters. The van der Waals surface area contributed by atoms with Gasteiger partial charge in [-0.2, -0.15) is 0 Å². The van der Waals surface area contributed by atoms with Crippen molar-refractivity contribution in [1.29, 1.82) is 0 Å². The zero-order valence-electron chi connectivity index (χ0n) is 11.5. The summed E-state index contributed by atoms with van der Waals surface area (Å²) in [6.07, 6.45) is 3.04. The van der Waals surface area contributed by atoms with Gasteiger partial charge >= 0.3 is 6.03 Å². The van der Waals surface area contributed by atoms with Crippen LogP contribution < -0.4 is 5.32 Å². The Kier molecular flexibility index (Phi) is 4.67. The molecule has 0 aromatic rings. The highest BCUT2D eigenvalue weighted by Crippen LogP contribution is 2.16. The molecule has 1 atom stereocenters. The Bertz CT molecular complexity index is 418. The molecule has 2 aliphatic heterocycles. The molecule has 110 valence electrons. The maximum Gasteiger partial charge on any atom is 0.317 e. The highest BCUT2D eigenvalue weighted by atomic mass is 32.2. The van der Waals surface area contributed by atoms with Crippen LogP contribution in [0.2, 0.25) is 0 Å². The standard InChI is InChI=1S/C12H23N3O3S/c1-14(11-4-9-19(17,18)10-11)12(16)13-5-8-15-6-2-3-7-15/h11H,2-10H2,1H3,(H,13,16). The van der Waals surface area contributed by atoms with Crippen LogP contribution in [0, 0.1) is 0 Å². The maximum absolute atomic E-state index is 11.9. The number of likely N-dealkylation sites (tertiary alicyclic amines) is 1. The first kappa shape index (κ1) is 14.6. The summed E-state index contributed by atoms with van der Waals surface area (Å²) in [6.45, 7) is 3.74. The van der Waals surface area contributed by atoms with Gasteiger partial charge < -0.3 is 15.1 Å². The molecule has 0 aromatic heterocycles. The maximum atomic E-state index is 11.9. The van der Waals surface area contributed by atoms with Crippen LogP contribution in [0.1, 0.15) is 19.3 Å². The molecule has 2 heterocycles. The lowest BCUT2D eigenvalue weighted by atomic mass is 10.2. The number of nitrogens with one attached hydrogen (secondary N) is 1. The van der Waals surface area contributed by atoms with Gasteiger partial charge in [-0.15, -0.1) is 0 Å². The van der Waals surface area contributed by atoms with Crippen LogP contribution in [0.15, 0.2) is 0 Å². The Balaban J connectivity index is 1.70. The van der Waals surface area contributed by atoms with Gasteiger partial charge in [0.25, 0.3) is 0 Å². The van der Waals surface area contributed by atoms with E-state index in [-0.39, 0.29) is 23.6 Å². The average Bonchev–Trinajstić information content (AvgIpc) is 2.97. The topological polar surface area (TPSA) is 69.7 Å².